The first-order valence-electron chi connectivity index (χ1n) is 6.42. The van der Waals surface area contributed by atoms with E-state index in [1.807, 2.05) is 24.3 Å². The molecule has 19 heavy (non-hydrogen) atoms. The first kappa shape index (κ1) is 13.6. The van der Waals surface area contributed by atoms with Gasteiger partial charge in [0.05, 0.1) is 12.5 Å². The largest absolute Gasteiger partial charge is 0.469 e. The lowest BCUT2D eigenvalue weighted by Gasteiger charge is -2.34. The number of ether oxygens (including phenoxy) is 1. The monoisotopic (exact) mass is 261 g/mol. The predicted octanol–water partition coefficient (Wildman–Crippen LogP) is 2.17. The van der Waals surface area contributed by atoms with Gasteiger partial charge in [-0.3, -0.25) is 9.59 Å². The Morgan fingerprint density at radius 3 is 2.68 bits per heavy atom. The summed E-state index contributed by atoms with van der Waals surface area (Å²) >= 11 is 0. The van der Waals surface area contributed by atoms with E-state index < -0.39 is 5.41 Å². The number of aryl methyl sites for hydroxylation is 1. The SMILES string of the molecule is COC(=O)C(C)(C)CN1C(=O)CCc2ccccc21. The second-order valence-corrected chi connectivity index (χ2v) is 5.48. The van der Waals surface area contributed by atoms with Gasteiger partial charge < -0.3 is 9.64 Å². The lowest BCUT2D eigenvalue weighted by molar-refractivity contribution is -0.150. The highest BCUT2D eigenvalue weighted by Crippen LogP contribution is 2.31. The molecule has 1 amide bonds. The third-order valence-electron chi connectivity index (χ3n) is 3.48. The second-order valence-electron chi connectivity index (χ2n) is 5.48. The van der Waals surface area contributed by atoms with E-state index in [2.05, 4.69) is 0 Å². The van der Waals surface area contributed by atoms with E-state index in [4.69, 9.17) is 4.74 Å². The summed E-state index contributed by atoms with van der Waals surface area (Å²) in [6, 6.07) is 7.84. The number of hydrogen-bond donors (Lipinski definition) is 0. The molecule has 0 saturated carbocycles. The summed E-state index contributed by atoms with van der Waals surface area (Å²) in [4.78, 5) is 25.6. The van der Waals surface area contributed by atoms with Crippen molar-refractivity contribution in [1.82, 2.24) is 0 Å². The summed E-state index contributed by atoms with van der Waals surface area (Å²) in [5.74, 6) is -0.237. The van der Waals surface area contributed by atoms with E-state index in [1.54, 1.807) is 18.7 Å². The molecule has 1 aliphatic heterocycles. The van der Waals surface area contributed by atoms with Crippen LogP contribution in [0.25, 0.3) is 0 Å². The van der Waals surface area contributed by atoms with Crippen LogP contribution in [0.5, 0.6) is 0 Å². The van der Waals surface area contributed by atoms with Crippen LogP contribution in [-0.4, -0.2) is 25.5 Å². The summed E-state index contributed by atoms with van der Waals surface area (Å²) in [5.41, 5.74) is 1.35. The Labute approximate surface area is 113 Å². The molecule has 0 atom stereocenters. The molecule has 0 N–H and O–H groups in total. The van der Waals surface area contributed by atoms with Crippen molar-refractivity contribution in [2.24, 2.45) is 5.41 Å². The number of rotatable bonds is 3. The molecule has 0 radical (unpaired) electrons. The molecule has 1 aromatic rings. The van der Waals surface area contributed by atoms with E-state index in [0.29, 0.717) is 13.0 Å². The van der Waals surface area contributed by atoms with Crippen LogP contribution < -0.4 is 4.90 Å². The molecule has 2 rings (SSSR count). The maximum atomic E-state index is 12.1. The number of methoxy groups -OCH3 is 1. The molecular weight excluding hydrogens is 242 g/mol. The molecule has 102 valence electrons. The molecular formula is C15H19NO3. The molecule has 0 fully saturated rings. The summed E-state index contributed by atoms with van der Waals surface area (Å²) in [7, 11) is 1.37. The highest BCUT2D eigenvalue weighted by atomic mass is 16.5. The number of anilines is 1. The van der Waals surface area contributed by atoms with Crippen LogP contribution in [0.3, 0.4) is 0 Å². The molecule has 0 unspecified atom stereocenters. The van der Waals surface area contributed by atoms with Crippen LogP contribution in [0, 0.1) is 5.41 Å². The van der Waals surface area contributed by atoms with Gasteiger partial charge in [0.1, 0.15) is 0 Å². The molecule has 0 bridgehead atoms. The Morgan fingerprint density at radius 1 is 1.32 bits per heavy atom. The van der Waals surface area contributed by atoms with Crippen molar-refractivity contribution >= 4 is 17.6 Å². The van der Waals surface area contributed by atoms with Gasteiger partial charge >= 0.3 is 5.97 Å². The fourth-order valence-electron chi connectivity index (χ4n) is 2.41. The first-order valence-corrected chi connectivity index (χ1v) is 6.42. The third-order valence-corrected chi connectivity index (χ3v) is 3.48. The lowest BCUT2D eigenvalue weighted by atomic mass is 9.90. The maximum absolute atomic E-state index is 12.1. The zero-order valence-electron chi connectivity index (χ0n) is 11.6. The molecule has 1 aromatic carbocycles. The van der Waals surface area contributed by atoms with Crippen molar-refractivity contribution in [2.75, 3.05) is 18.6 Å². The molecule has 4 heteroatoms. The van der Waals surface area contributed by atoms with Gasteiger partial charge in [0.15, 0.2) is 0 Å². The summed E-state index contributed by atoms with van der Waals surface area (Å²) in [6.07, 6.45) is 1.26. The Hall–Kier alpha value is -1.84. The fraction of sp³-hybridized carbons (Fsp3) is 0.467. The highest BCUT2D eigenvalue weighted by molar-refractivity contribution is 5.97. The summed E-state index contributed by atoms with van der Waals surface area (Å²) < 4.78 is 4.80. The van der Waals surface area contributed by atoms with Crippen molar-refractivity contribution in [3.8, 4) is 0 Å². The normalized spacial score (nSPS) is 15.1. The van der Waals surface area contributed by atoms with E-state index in [0.717, 1.165) is 17.7 Å². The molecule has 1 aliphatic rings. The zero-order chi connectivity index (χ0) is 14.0. The quantitative estimate of drug-likeness (QED) is 0.783. The number of benzene rings is 1. The number of amides is 1. The van der Waals surface area contributed by atoms with Gasteiger partial charge in [0.2, 0.25) is 5.91 Å². The fourth-order valence-corrected chi connectivity index (χ4v) is 2.41. The average Bonchev–Trinajstić information content (AvgIpc) is 2.41. The third kappa shape index (κ3) is 2.62. The number of hydrogen-bond acceptors (Lipinski definition) is 3. The Kier molecular flexibility index (Phi) is 3.60. The summed E-state index contributed by atoms with van der Waals surface area (Å²) in [6.45, 7) is 3.93. The zero-order valence-corrected chi connectivity index (χ0v) is 11.6. The Morgan fingerprint density at radius 2 is 2.00 bits per heavy atom. The molecule has 0 spiro atoms. The molecule has 0 saturated heterocycles. The first-order chi connectivity index (χ1) is 8.95. The molecule has 1 heterocycles. The Balaban J connectivity index is 2.29. The van der Waals surface area contributed by atoms with E-state index in [1.165, 1.54) is 7.11 Å². The lowest BCUT2D eigenvalue weighted by Crippen LogP contribution is -2.45. The van der Waals surface area contributed by atoms with Gasteiger partial charge in [-0.2, -0.15) is 0 Å². The summed E-state index contributed by atoms with van der Waals surface area (Å²) in [5, 5.41) is 0. The second kappa shape index (κ2) is 5.03. The van der Waals surface area contributed by atoms with Gasteiger partial charge in [-0.05, 0) is 31.9 Å². The van der Waals surface area contributed by atoms with E-state index in [9.17, 15) is 9.59 Å². The van der Waals surface area contributed by atoms with Crippen LogP contribution in [-0.2, 0) is 20.7 Å². The number of fused-ring (bicyclic) bond motifs is 1. The van der Waals surface area contributed by atoms with Crippen LogP contribution in [0.15, 0.2) is 24.3 Å². The van der Waals surface area contributed by atoms with Gasteiger partial charge in [-0.25, -0.2) is 0 Å². The standard InChI is InChI=1S/C15H19NO3/c1-15(2,14(18)19-3)10-16-12-7-5-4-6-11(12)8-9-13(16)17/h4-7H,8-10H2,1-3H3. The molecule has 0 aliphatic carbocycles. The maximum Gasteiger partial charge on any atom is 0.313 e. The van der Waals surface area contributed by atoms with E-state index in [-0.39, 0.29) is 11.9 Å². The van der Waals surface area contributed by atoms with Crippen molar-refractivity contribution in [1.29, 1.82) is 0 Å². The minimum absolute atomic E-state index is 0.0654. The predicted molar refractivity (Wildman–Crippen MR) is 72.9 cm³/mol. The Bertz CT molecular complexity index is 508. The molecule has 0 aromatic heterocycles. The van der Waals surface area contributed by atoms with Gasteiger partial charge in [0.25, 0.3) is 0 Å². The van der Waals surface area contributed by atoms with E-state index >= 15 is 0 Å². The number of carbonyl (C=O) groups is 2. The average molecular weight is 261 g/mol. The smallest absolute Gasteiger partial charge is 0.313 e. The van der Waals surface area contributed by atoms with Gasteiger partial charge in [-0.1, -0.05) is 18.2 Å². The highest BCUT2D eigenvalue weighted by Gasteiger charge is 2.35. The number of nitrogens with zero attached hydrogens (tertiary/aromatic N) is 1. The minimum atomic E-state index is -0.713. The number of carbonyl (C=O) groups excluding carboxylic acids is 2. The van der Waals surface area contributed by atoms with Crippen molar-refractivity contribution in [2.45, 2.75) is 26.7 Å². The van der Waals surface area contributed by atoms with Crippen LogP contribution >= 0.6 is 0 Å². The van der Waals surface area contributed by atoms with Crippen molar-refractivity contribution in [3.63, 3.8) is 0 Å². The van der Waals surface area contributed by atoms with Gasteiger partial charge in [0, 0.05) is 18.7 Å². The molecule has 4 nitrogen and oxygen atoms in total. The topological polar surface area (TPSA) is 46.6 Å². The van der Waals surface area contributed by atoms with Crippen molar-refractivity contribution < 1.29 is 14.3 Å². The van der Waals surface area contributed by atoms with Crippen LogP contribution in [0.4, 0.5) is 5.69 Å². The van der Waals surface area contributed by atoms with Crippen LogP contribution in [0.1, 0.15) is 25.8 Å². The number of para-hydroxylation sites is 1. The minimum Gasteiger partial charge on any atom is -0.469 e. The van der Waals surface area contributed by atoms with Crippen molar-refractivity contribution in [3.05, 3.63) is 29.8 Å². The number of esters is 1. The van der Waals surface area contributed by atoms with Gasteiger partial charge in [-0.15, -0.1) is 0 Å². The van der Waals surface area contributed by atoms with Crippen LogP contribution in [0.2, 0.25) is 0 Å².